The third-order valence-corrected chi connectivity index (χ3v) is 3.49. The van der Waals surface area contributed by atoms with Gasteiger partial charge in [-0.25, -0.2) is 4.79 Å². The fourth-order valence-electron chi connectivity index (χ4n) is 2.47. The van der Waals surface area contributed by atoms with Crippen LogP contribution in [0.1, 0.15) is 31.2 Å². The number of carbonyl (C=O) groups is 1. The van der Waals surface area contributed by atoms with Crippen LogP contribution in [0.15, 0.2) is 30.3 Å². The van der Waals surface area contributed by atoms with Gasteiger partial charge < -0.3 is 15.7 Å². The van der Waals surface area contributed by atoms with E-state index in [0.717, 1.165) is 32.2 Å². The molecule has 4 heteroatoms. The first-order chi connectivity index (χ1) is 8.74. The molecular formula is C14H20N2O2. The van der Waals surface area contributed by atoms with Gasteiger partial charge in [0.05, 0.1) is 0 Å². The Morgan fingerprint density at radius 2 is 1.72 bits per heavy atom. The van der Waals surface area contributed by atoms with Crippen LogP contribution in [0.25, 0.3) is 0 Å². The van der Waals surface area contributed by atoms with Crippen molar-refractivity contribution in [2.45, 2.75) is 44.3 Å². The molecule has 18 heavy (non-hydrogen) atoms. The molecular weight excluding hydrogens is 228 g/mol. The summed E-state index contributed by atoms with van der Waals surface area (Å²) in [6.07, 6.45) is 3.03. The van der Waals surface area contributed by atoms with Gasteiger partial charge in [0.1, 0.15) is 0 Å². The van der Waals surface area contributed by atoms with E-state index >= 15 is 0 Å². The minimum atomic E-state index is -0.907. The van der Waals surface area contributed by atoms with Crippen LogP contribution < -0.4 is 10.6 Å². The van der Waals surface area contributed by atoms with Crippen molar-refractivity contribution in [1.29, 1.82) is 0 Å². The Balaban J connectivity index is 1.69. The minimum Gasteiger partial charge on any atom is -0.465 e. The molecule has 0 aliphatic heterocycles. The van der Waals surface area contributed by atoms with Gasteiger partial charge in [0.25, 0.3) is 0 Å². The van der Waals surface area contributed by atoms with Crippen LogP contribution >= 0.6 is 0 Å². The van der Waals surface area contributed by atoms with Crippen molar-refractivity contribution in [3.63, 3.8) is 0 Å². The first-order valence-corrected chi connectivity index (χ1v) is 6.51. The third-order valence-electron chi connectivity index (χ3n) is 3.49. The SMILES string of the molecule is O=C(O)NC1CCC(NCc2ccccc2)CC1. The zero-order valence-corrected chi connectivity index (χ0v) is 10.4. The van der Waals surface area contributed by atoms with Gasteiger partial charge in [0.2, 0.25) is 0 Å². The van der Waals surface area contributed by atoms with Gasteiger partial charge in [0.15, 0.2) is 0 Å². The van der Waals surface area contributed by atoms with Gasteiger partial charge in [-0.15, -0.1) is 0 Å². The highest BCUT2D eigenvalue weighted by molar-refractivity contribution is 5.64. The molecule has 1 aromatic carbocycles. The van der Waals surface area contributed by atoms with Gasteiger partial charge in [-0.05, 0) is 31.2 Å². The van der Waals surface area contributed by atoms with Crippen molar-refractivity contribution in [1.82, 2.24) is 10.6 Å². The molecule has 1 fully saturated rings. The number of amides is 1. The Bertz CT molecular complexity index is 373. The van der Waals surface area contributed by atoms with Gasteiger partial charge in [-0.1, -0.05) is 30.3 Å². The van der Waals surface area contributed by atoms with Crippen LogP contribution in [0, 0.1) is 0 Å². The second-order valence-electron chi connectivity index (χ2n) is 4.86. The third kappa shape index (κ3) is 4.04. The number of nitrogens with one attached hydrogen (secondary N) is 2. The molecule has 0 saturated heterocycles. The minimum absolute atomic E-state index is 0.136. The van der Waals surface area contributed by atoms with Crippen molar-refractivity contribution < 1.29 is 9.90 Å². The summed E-state index contributed by atoms with van der Waals surface area (Å²) in [5.74, 6) is 0. The maximum absolute atomic E-state index is 10.5. The van der Waals surface area contributed by atoms with E-state index in [2.05, 4.69) is 22.8 Å². The fourth-order valence-corrected chi connectivity index (χ4v) is 2.47. The van der Waals surface area contributed by atoms with Gasteiger partial charge in [0, 0.05) is 18.6 Å². The van der Waals surface area contributed by atoms with E-state index < -0.39 is 6.09 Å². The number of benzene rings is 1. The summed E-state index contributed by atoms with van der Waals surface area (Å²) in [5.41, 5.74) is 1.29. The largest absolute Gasteiger partial charge is 0.465 e. The summed E-state index contributed by atoms with van der Waals surface area (Å²) in [6.45, 7) is 0.891. The van der Waals surface area contributed by atoms with Crippen molar-refractivity contribution in [3.8, 4) is 0 Å². The van der Waals surface area contributed by atoms with Crippen LogP contribution in [0.5, 0.6) is 0 Å². The number of rotatable bonds is 4. The van der Waals surface area contributed by atoms with Crippen molar-refractivity contribution in [2.24, 2.45) is 0 Å². The average molecular weight is 248 g/mol. The normalized spacial score (nSPS) is 23.6. The maximum atomic E-state index is 10.5. The molecule has 0 radical (unpaired) electrons. The lowest BCUT2D eigenvalue weighted by Crippen LogP contribution is -2.41. The average Bonchev–Trinajstić information content (AvgIpc) is 2.38. The maximum Gasteiger partial charge on any atom is 0.404 e. The van der Waals surface area contributed by atoms with Crippen LogP contribution in [0.2, 0.25) is 0 Å². The molecule has 0 aromatic heterocycles. The van der Waals surface area contributed by atoms with Crippen LogP contribution in [-0.4, -0.2) is 23.3 Å². The molecule has 1 aliphatic carbocycles. The molecule has 1 saturated carbocycles. The molecule has 0 unspecified atom stereocenters. The van der Waals surface area contributed by atoms with Gasteiger partial charge in [-0.2, -0.15) is 0 Å². The van der Waals surface area contributed by atoms with E-state index in [4.69, 9.17) is 5.11 Å². The predicted octanol–water partition coefficient (Wildman–Crippen LogP) is 2.35. The number of hydrogen-bond donors (Lipinski definition) is 3. The molecule has 4 nitrogen and oxygen atoms in total. The lowest BCUT2D eigenvalue weighted by Gasteiger charge is -2.29. The standard InChI is InChI=1S/C14H20N2O2/c17-14(18)16-13-8-6-12(7-9-13)15-10-11-4-2-1-3-5-11/h1-5,12-13,15-16H,6-10H2,(H,17,18). The van der Waals surface area contributed by atoms with Crippen molar-refractivity contribution in [2.75, 3.05) is 0 Å². The predicted molar refractivity (Wildman–Crippen MR) is 70.5 cm³/mol. The van der Waals surface area contributed by atoms with Gasteiger partial charge in [-0.3, -0.25) is 0 Å². The molecule has 3 N–H and O–H groups in total. The summed E-state index contributed by atoms with van der Waals surface area (Å²) in [4.78, 5) is 10.5. The molecule has 0 bridgehead atoms. The molecule has 1 aliphatic rings. The van der Waals surface area contributed by atoms with E-state index in [-0.39, 0.29) is 6.04 Å². The Morgan fingerprint density at radius 3 is 2.33 bits per heavy atom. The molecule has 0 heterocycles. The Labute approximate surface area is 107 Å². The highest BCUT2D eigenvalue weighted by Crippen LogP contribution is 2.19. The van der Waals surface area contributed by atoms with E-state index in [1.54, 1.807) is 0 Å². The highest BCUT2D eigenvalue weighted by Gasteiger charge is 2.21. The molecule has 1 amide bonds. The van der Waals surface area contributed by atoms with Crippen molar-refractivity contribution in [3.05, 3.63) is 35.9 Å². The monoisotopic (exact) mass is 248 g/mol. The van der Waals surface area contributed by atoms with Crippen LogP contribution in [0.3, 0.4) is 0 Å². The number of carboxylic acid groups (broad SMARTS) is 1. The topological polar surface area (TPSA) is 61.4 Å². The first kappa shape index (κ1) is 12.9. The Hall–Kier alpha value is -1.55. The zero-order valence-electron chi connectivity index (χ0n) is 10.4. The van der Waals surface area contributed by atoms with Crippen molar-refractivity contribution >= 4 is 6.09 Å². The highest BCUT2D eigenvalue weighted by atomic mass is 16.4. The lowest BCUT2D eigenvalue weighted by atomic mass is 9.91. The summed E-state index contributed by atoms with van der Waals surface area (Å²) < 4.78 is 0. The van der Waals surface area contributed by atoms with E-state index in [1.165, 1.54) is 5.56 Å². The first-order valence-electron chi connectivity index (χ1n) is 6.51. The van der Waals surface area contributed by atoms with E-state index in [1.807, 2.05) is 18.2 Å². The van der Waals surface area contributed by atoms with E-state index in [9.17, 15) is 4.79 Å². The molecule has 0 spiro atoms. The molecule has 98 valence electrons. The summed E-state index contributed by atoms with van der Waals surface area (Å²) >= 11 is 0. The quantitative estimate of drug-likeness (QED) is 0.766. The van der Waals surface area contributed by atoms with Crippen LogP contribution in [0.4, 0.5) is 4.79 Å². The smallest absolute Gasteiger partial charge is 0.404 e. The molecule has 0 atom stereocenters. The summed E-state index contributed by atoms with van der Waals surface area (Å²) in [5, 5.41) is 14.8. The second kappa shape index (κ2) is 6.40. The fraction of sp³-hybridized carbons (Fsp3) is 0.500. The lowest BCUT2D eigenvalue weighted by molar-refractivity contribution is 0.183. The summed E-state index contributed by atoms with van der Waals surface area (Å²) in [6, 6.07) is 11.0. The Morgan fingerprint density at radius 1 is 1.11 bits per heavy atom. The van der Waals surface area contributed by atoms with Crippen LogP contribution in [-0.2, 0) is 6.54 Å². The Kier molecular flexibility index (Phi) is 4.59. The van der Waals surface area contributed by atoms with Gasteiger partial charge >= 0.3 is 6.09 Å². The molecule has 2 rings (SSSR count). The number of hydrogen-bond acceptors (Lipinski definition) is 2. The summed E-state index contributed by atoms with van der Waals surface area (Å²) in [7, 11) is 0. The second-order valence-corrected chi connectivity index (χ2v) is 4.86. The van der Waals surface area contributed by atoms with E-state index in [0.29, 0.717) is 6.04 Å². The molecule has 1 aromatic rings. The zero-order chi connectivity index (χ0) is 12.8.